The number of primary amides is 1. The van der Waals surface area contributed by atoms with Gasteiger partial charge in [-0.2, -0.15) is 13.5 Å². The second-order valence-electron chi connectivity index (χ2n) is 7.60. The van der Waals surface area contributed by atoms with Crippen LogP contribution in [0.3, 0.4) is 0 Å². The highest BCUT2D eigenvalue weighted by Gasteiger charge is 2.24. The van der Waals surface area contributed by atoms with Gasteiger partial charge >= 0.3 is 6.03 Å². The molecule has 8 nitrogen and oxygen atoms in total. The lowest BCUT2D eigenvalue weighted by atomic mass is 10.0. The summed E-state index contributed by atoms with van der Waals surface area (Å²) >= 11 is 0. The summed E-state index contributed by atoms with van der Waals surface area (Å²) in [5.41, 5.74) is 9.68. The van der Waals surface area contributed by atoms with Gasteiger partial charge in [0.2, 0.25) is 5.88 Å². The third kappa shape index (κ3) is 5.23. The van der Waals surface area contributed by atoms with Gasteiger partial charge in [0.25, 0.3) is 0 Å². The van der Waals surface area contributed by atoms with Crippen molar-refractivity contribution in [3.63, 3.8) is 0 Å². The van der Waals surface area contributed by atoms with Gasteiger partial charge in [-0.3, -0.25) is 4.98 Å². The summed E-state index contributed by atoms with van der Waals surface area (Å²) in [5.74, 6) is 0.854. The first-order valence-electron chi connectivity index (χ1n) is 10.0. The molecule has 0 aliphatic carbocycles. The molecule has 0 unspecified atom stereocenters. The molecule has 1 aromatic carbocycles. The number of morpholine rings is 1. The van der Waals surface area contributed by atoms with Crippen molar-refractivity contribution in [2.24, 2.45) is 5.73 Å². The van der Waals surface area contributed by atoms with Crippen LogP contribution >= 0.6 is 13.5 Å². The van der Waals surface area contributed by atoms with Gasteiger partial charge in [-0.05, 0) is 17.5 Å². The van der Waals surface area contributed by atoms with Crippen molar-refractivity contribution >= 4 is 30.6 Å². The van der Waals surface area contributed by atoms with Crippen molar-refractivity contribution in [2.45, 2.75) is 25.9 Å². The van der Waals surface area contributed by atoms with Crippen LogP contribution in [0.2, 0.25) is 0 Å². The van der Waals surface area contributed by atoms with E-state index in [-0.39, 0.29) is 26.2 Å². The van der Waals surface area contributed by atoms with E-state index in [4.69, 9.17) is 20.2 Å². The average molecular weight is 442 g/mol. The molecule has 1 fully saturated rings. The average Bonchev–Trinajstić information content (AvgIpc) is 2.77. The number of hydrogen-bond donors (Lipinski definition) is 1. The van der Waals surface area contributed by atoms with Gasteiger partial charge in [0.15, 0.2) is 5.52 Å². The van der Waals surface area contributed by atoms with E-state index in [2.05, 4.69) is 48.1 Å². The van der Waals surface area contributed by atoms with Crippen LogP contribution in [-0.2, 0) is 4.74 Å². The number of nitrogens with two attached hydrogens (primary N) is 1. The fourth-order valence-corrected chi connectivity index (χ4v) is 3.42. The van der Waals surface area contributed by atoms with Gasteiger partial charge in [-0.1, -0.05) is 38.1 Å². The fourth-order valence-electron chi connectivity index (χ4n) is 3.42. The monoisotopic (exact) mass is 441 g/mol. The Hall–Kier alpha value is -2.91. The van der Waals surface area contributed by atoms with E-state index in [1.807, 2.05) is 6.07 Å². The molecule has 0 bridgehead atoms. The molecule has 0 radical (unpaired) electrons. The summed E-state index contributed by atoms with van der Waals surface area (Å²) in [6.45, 7) is 5.86. The van der Waals surface area contributed by atoms with Crippen LogP contribution in [0.1, 0.15) is 25.3 Å². The Morgan fingerprint density at radius 1 is 1.26 bits per heavy atom. The molecular formula is C22H27N5O3S. The predicted octanol–water partition coefficient (Wildman–Crippen LogP) is 3.09. The lowest BCUT2D eigenvalue weighted by Crippen LogP contribution is -2.49. The molecule has 1 atom stereocenters. The van der Waals surface area contributed by atoms with Crippen molar-refractivity contribution < 1.29 is 14.3 Å². The summed E-state index contributed by atoms with van der Waals surface area (Å²) in [6, 6.07) is 9.78. The van der Waals surface area contributed by atoms with Gasteiger partial charge in [0.05, 0.1) is 24.4 Å². The standard InChI is InChI=1S/C22H25N5O3.H2S/c1-14(2)15-3-5-16(6-4-15)18-11-19-20(25-8-7-24-19)21(26-18)30-13-17-12-27(22(23)28)9-10-29-17;/h3-8,11,14,17H,9-10,12-13H2,1-2H3,(H2,23,28);1H2/t17-;/m0./s1. The molecule has 2 amide bonds. The quantitative estimate of drug-likeness (QED) is 0.653. The van der Waals surface area contributed by atoms with E-state index in [0.717, 1.165) is 11.3 Å². The maximum Gasteiger partial charge on any atom is 0.314 e. The Balaban J connectivity index is 0.00000272. The summed E-state index contributed by atoms with van der Waals surface area (Å²) in [4.78, 5) is 26.5. The highest BCUT2D eigenvalue weighted by Crippen LogP contribution is 2.28. The number of nitrogens with zero attached hydrogens (tertiary/aromatic N) is 4. The van der Waals surface area contributed by atoms with Gasteiger partial charge in [0.1, 0.15) is 12.7 Å². The number of aromatic nitrogens is 3. The van der Waals surface area contributed by atoms with E-state index in [0.29, 0.717) is 42.5 Å². The third-order valence-corrected chi connectivity index (χ3v) is 5.15. The van der Waals surface area contributed by atoms with Gasteiger partial charge in [0, 0.05) is 24.5 Å². The summed E-state index contributed by atoms with van der Waals surface area (Å²) in [6.07, 6.45) is 2.97. The first kappa shape index (κ1) is 22.8. The van der Waals surface area contributed by atoms with Gasteiger partial charge in [-0.25, -0.2) is 14.8 Å². The van der Waals surface area contributed by atoms with E-state index >= 15 is 0 Å². The van der Waals surface area contributed by atoms with Crippen molar-refractivity contribution in [1.29, 1.82) is 0 Å². The minimum Gasteiger partial charge on any atom is -0.473 e. The SMILES string of the molecule is CC(C)c1ccc(-c2cc3nccnc3c(OC[C@@H]3CN(C(N)=O)CCO3)n2)cc1.S. The number of ether oxygens (including phenoxy) is 2. The van der Waals surface area contributed by atoms with Gasteiger partial charge < -0.3 is 20.1 Å². The molecule has 3 aromatic rings. The number of benzene rings is 1. The Morgan fingerprint density at radius 3 is 2.71 bits per heavy atom. The zero-order valence-electron chi connectivity index (χ0n) is 17.6. The normalized spacial score (nSPS) is 16.2. The molecule has 0 saturated carbocycles. The highest BCUT2D eigenvalue weighted by molar-refractivity contribution is 7.59. The Bertz CT molecular complexity index is 1050. The molecule has 2 aromatic heterocycles. The van der Waals surface area contributed by atoms with Crippen LogP contribution in [0.5, 0.6) is 5.88 Å². The Labute approximate surface area is 188 Å². The number of rotatable bonds is 5. The largest absolute Gasteiger partial charge is 0.473 e. The molecule has 2 N–H and O–H groups in total. The smallest absolute Gasteiger partial charge is 0.314 e. The molecule has 1 aliphatic rings. The first-order chi connectivity index (χ1) is 14.5. The lowest BCUT2D eigenvalue weighted by molar-refractivity contribution is -0.0346. The number of hydrogen-bond acceptors (Lipinski definition) is 6. The van der Waals surface area contributed by atoms with Crippen molar-refractivity contribution in [3.8, 4) is 17.1 Å². The number of fused-ring (bicyclic) bond motifs is 1. The molecule has 1 saturated heterocycles. The van der Waals surface area contributed by atoms with E-state index < -0.39 is 6.03 Å². The number of urea groups is 1. The predicted molar refractivity (Wildman–Crippen MR) is 124 cm³/mol. The molecule has 9 heteroatoms. The second kappa shape index (κ2) is 9.93. The van der Waals surface area contributed by atoms with Crippen LogP contribution in [0.25, 0.3) is 22.3 Å². The highest BCUT2D eigenvalue weighted by atomic mass is 32.1. The molecule has 0 spiro atoms. The second-order valence-corrected chi connectivity index (χ2v) is 7.60. The van der Waals surface area contributed by atoms with Crippen LogP contribution in [-0.4, -0.2) is 58.3 Å². The van der Waals surface area contributed by atoms with Crippen molar-refractivity contribution in [3.05, 3.63) is 48.3 Å². The summed E-state index contributed by atoms with van der Waals surface area (Å²) in [5, 5.41) is 0. The van der Waals surface area contributed by atoms with Crippen LogP contribution in [0, 0.1) is 0 Å². The number of carbonyl (C=O) groups excluding carboxylic acids is 1. The van der Waals surface area contributed by atoms with Gasteiger partial charge in [-0.15, -0.1) is 0 Å². The number of amides is 2. The topological polar surface area (TPSA) is 103 Å². The Kier molecular flexibility index (Phi) is 7.29. The maximum absolute atomic E-state index is 11.4. The lowest BCUT2D eigenvalue weighted by Gasteiger charge is -2.31. The van der Waals surface area contributed by atoms with E-state index in [9.17, 15) is 4.79 Å². The fraction of sp³-hybridized carbons (Fsp3) is 0.364. The molecule has 1 aliphatic heterocycles. The van der Waals surface area contributed by atoms with Crippen molar-refractivity contribution in [1.82, 2.24) is 19.9 Å². The number of carbonyl (C=O) groups is 1. The number of pyridine rings is 1. The third-order valence-electron chi connectivity index (χ3n) is 5.15. The maximum atomic E-state index is 11.4. The molecular weight excluding hydrogens is 414 g/mol. The zero-order chi connectivity index (χ0) is 21.1. The van der Waals surface area contributed by atoms with Crippen LogP contribution in [0.15, 0.2) is 42.7 Å². The van der Waals surface area contributed by atoms with Crippen LogP contribution in [0.4, 0.5) is 4.79 Å². The molecule has 31 heavy (non-hydrogen) atoms. The molecule has 3 heterocycles. The molecule has 164 valence electrons. The zero-order valence-corrected chi connectivity index (χ0v) is 18.6. The summed E-state index contributed by atoms with van der Waals surface area (Å²) in [7, 11) is 0. The first-order valence-corrected chi connectivity index (χ1v) is 10.0. The van der Waals surface area contributed by atoms with Crippen LogP contribution < -0.4 is 10.5 Å². The Morgan fingerprint density at radius 2 is 2.00 bits per heavy atom. The van der Waals surface area contributed by atoms with Crippen molar-refractivity contribution in [2.75, 3.05) is 26.3 Å². The minimum absolute atomic E-state index is 0. The van der Waals surface area contributed by atoms with E-state index in [1.54, 1.807) is 17.3 Å². The minimum atomic E-state index is -0.454. The van der Waals surface area contributed by atoms with E-state index in [1.165, 1.54) is 5.56 Å². The summed E-state index contributed by atoms with van der Waals surface area (Å²) < 4.78 is 11.7. The molecule has 4 rings (SSSR count).